The van der Waals surface area contributed by atoms with Gasteiger partial charge < -0.3 is 5.11 Å². The fraction of sp³-hybridized carbons (Fsp3) is 0.150. The number of hydrogen-bond acceptors (Lipinski definition) is 2. The Kier molecular flexibility index (Phi) is 3.91. The van der Waals surface area contributed by atoms with E-state index in [4.69, 9.17) is 6.42 Å². The Morgan fingerprint density at radius 3 is 2.50 bits per heavy atom. The molecule has 2 heteroatoms. The van der Waals surface area contributed by atoms with E-state index in [1.165, 1.54) is 16.7 Å². The summed E-state index contributed by atoms with van der Waals surface area (Å²) in [4.78, 5) is 4.56. The largest absolute Gasteiger partial charge is 0.380 e. The van der Waals surface area contributed by atoms with Crippen molar-refractivity contribution in [1.29, 1.82) is 0 Å². The summed E-state index contributed by atoms with van der Waals surface area (Å²) in [5.41, 5.74) is 5.34. The van der Waals surface area contributed by atoms with Crippen LogP contribution in [0.3, 0.4) is 0 Å². The first kappa shape index (κ1) is 14.3. The zero-order valence-corrected chi connectivity index (χ0v) is 12.5. The molecule has 0 fully saturated rings. The molecule has 2 aromatic carbocycles. The van der Waals surface area contributed by atoms with Crippen molar-refractivity contribution in [3.8, 4) is 23.5 Å². The zero-order chi connectivity index (χ0) is 15.5. The summed E-state index contributed by atoms with van der Waals surface area (Å²) in [6, 6.07) is 18.6. The number of aliphatic hydroxyl groups excluding tert-OH is 1. The van der Waals surface area contributed by atoms with E-state index in [1.54, 1.807) is 0 Å². The summed E-state index contributed by atoms with van der Waals surface area (Å²) in [7, 11) is 0. The smallest absolute Gasteiger partial charge is 0.120 e. The third kappa shape index (κ3) is 3.00. The molecule has 0 aliphatic carbocycles. The second-order valence-electron chi connectivity index (χ2n) is 5.46. The molecule has 0 amide bonds. The number of pyridine rings is 1. The standard InChI is InChI=1S/C20H17NO/c1-3-19(22)13-18-10-8-17-12-16(9-11-20(17)21-18)15-6-4-14(2)5-7-15/h1,4-12,19,22H,13H2,2H3. The monoisotopic (exact) mass is 287 g/mol. The molecule has 3 rings (SSSR count). The minimum absolute atomic E-state index is 0.381. The Morgan fingerprint density at radius 2 is 1.77 bits per heavy atom. The van der Waals surface area contributed by atoms with Gasteiger partial charge in [0.1, 0.15) is 6.10 Å². The highest BCUT2D eigenvalue weighted by Gasteiger charge is 2.05. The lowest BCUT2D eigenvalue weighted by molar-refractivity contribution is 0.232. The van der Waals surface area contributed by atoms with Gasteiger partial charge in [-0.15, -0.1) is 6.42 Å². The Morgan fingerprint density at radius 1 is 1.05 bits per heavy atom. The lowest BCUT2D eigenvalue weighted by Gasteiger charge is -2.07. The Hall–Kier alpha value is -2.63. The van der Waals surface area contributed by atoms with E-state index in [2.05, 4.69) is 54.2 Å². The fourth-order valence-electron chi connectivity index (χ4n) is 2.46. The first-order valence-electron chi connectivity index (χ1n) is 7.26. The van der Waals surface area contributed by atoms with Gasteiger partial charge in [-0.05, 0) is 36.2 Å². The van der Waals surface area contributed by atoms with Gasteiger partial charge >= 0.3 is 0 Å². The molecule has 1 heterocycles. The van der Waals surface area contributed by atoms with E-state index in [-0.39, 0.29) is 0 Å². The van der Waals surface area contributed by atoms with Crippen LogP contribution in [0.15, 0.2) is 54.6 Å². The SMILES string of the molecule is C#CC(O)Cc1ccc2cc(-c3ccc(C)cc3)ccc2n1. The van der Waals surface area contributed by atoms with Crippen LogP contribution < -0.4 is 0 Å². The van der Waals surface area contributed by atoms with Crippen molar-refractivity contribution < 1.29 is 5.11 Å². The van der Waals surface area contributed by atoms with E-state index in [0.717, 1.165) is 16.6 Å². The molecule has 1 aromatic heterocycles. The first-order chi connectivity index (χ1) is 10.7. The van der Waals surface area contributed by atoms with Crippen LogP contribution in [0.5, 0.6) is 0 Å². The van der Waals surface area contributed by atoms with E-state index < -0.39 is 6.10 Å². The Labute approximate surface area is 130 Å². The quantitative estimate of drug-likeness (QED) is 0.744. The van der Waals surface area contributed by atoms with Crippen LogP contribution in [0.1, 0.15) is 11.3 Å². The fourth-order valence-corrected chi connectivity index (χ4v) is 2.46. The third-order valence-electron chi connectivity index (χ3n) is 3.73. The van der Waals surface area contributed by atoms with E-state index in [9.17, 15) is 5.11 Å². The minimum Gasteiger partial charge on any atom is -0.380 e. The van der Waals surface area contributed by atoms with Crippen molar-refractivity contribution in [2.45, 2.75) is 19.4 Å². The highest BCUT2D eigenvalue weighted by Crippen LogP contribution is 2.24. The molecule has 2 nitrogen and oxygen atoms in total. The van der Waals surface area contributed by atoms with Crippen LogP contribution in [-0.2, 0) is 6.42 Å². The van der Waals surface area contributed by atoms with Crippen LogP contribution in [0.4, 0.5) is 0 Å². The number of nitrogens with zero attached hydrogens (tertiary/aromatic N) is 1. The molecule has 1 unspecified atom stereocenters. The summed E-state index contributed by atoms with van der Waals surface area (Å²) in [6.07, 6.45) is 4.80. The number of terminal acetylenes is 1. The van der Waals surface area contributed by atoms with Crippen LogP contribution in [0.25, 0.3) is 22.0 Å². The number of hydrogen-bond donors (Lipinski definition) is 1. The second kappa shape index (κ2) is 6.01. The van der Waals surface area contributed by atoms with Crippen molar-refractivity contribution in [2.75, 3.05) is 0 Å². The van der Waals surface area contributed by atoms with Gasteiger partial charge in [0.2, 0.25) is 0 Å². The topological polar surface area (TPSA) is 33.1 Å². The third-order valence-corrected chi connectivity index (χ3v) is 3.73. The number of aromatic nitrogens is 1. The molecule has 0 spiro atoms. The molecule has 22 heavy (non-hydrogen) atoms. The normalized spacial score (nSPS) is 12.0. The maximum absolute atomic E-state index is 9.52. The number of aryl methyl sites for hydroxylation is 1. The van der Waals surface area contributed by atoms with Crippen molar-refractivity contribution in [2.24, 2.45) is 0 Å². The second-order valence-corrected chi connectivity index (χ2v) is 5.46. The van der Waals surface area contributed by atoms with Gasteiger partial charge in [-0.2, -0.15) is 0 Å². The summed E-state index contributed by atoms with van der Waals surface area (Å²) < 4.78 is 0. The molecular formula is C20H17NO. The van der Waals surface area contributed by atoms with Gasteiger partial charge in [0.25, 0.3) is 0 Å². The van der Waals surface area contributed by atoms with Crippen molar-refractivity contribution in [1.82, 2.24) is 4.98 Å². The predicted molar refractivity (Wildman–Crippen MR) is 90.5 cm³/mol. The van der Waals surface area contributed by atoms with Crippen LogP contribution >= 0.6 is 0 Å². The summed E-state index contributed by atoms with van der Waals surface area (Å²) >= 11 is 0. The molecule has 1 atom stereocenters. The minimum atomic E-state index is -0.781. The molecule has 3 aromatic rings. The van der Waals surface area contributed by atoms with Gasteiger partial charge in [-0.1, -0.05) is 47.9 Å². The lowest BCUT2D eigenvalue weighted by Crippen LogP contribution is -2.08. The van der Waals surface area contributed by atoms with Crippen molar-refractivity contribution >= 4 is 10.9 Å². The van der Waals surface area contributed by atoms with Gasteiger partial charge in [-0.25, -0.2) is 0 Å². The Bertz CT molecular complexity index is 844. The molecule has 1 N–H and O–H groups in total. The molecule has 108 valence electrons. The van der Waals surface area contributed by atoms with Gasteiger partial charge in [0, 0.05) is 17.5 Å². The molecule has 0 saturated heterocycles. The molecule has 0 aliphatic heterocycles. The summed E-state index contributed by atoms with van der Waals surface area (Å²) in [6.45, 7) is 2.08. The van der Waals surface area contributed by atoms with Crippen molar-refractivity contribution in [3.05, 3.63) is 65.9 Å². The predicted octanol–water partition coefficient (Wildman–Crippen LogP) is 3.75. The lowest BCUT2D eigenvalue weighted by atomic mass is 10.0. The average molecular weight is 287 g/mol. The van der Waals surface area contributed by atoms with E-state index >= 15 is 0 Å². The molecule has 0 aliphatic rings. The zero-order valence-electron chi connectivity index (χ0n) is 12.5. The molecule has 0 saturated carbocycles. The maximum atomic E-state index is 9.52. The molecule has 0 bridgehead atoms. The maximum Gasteiger partial charge on any atom is 0.120 e. The average Bonchev–Trinajstić information content (AvgIpc) is 2.55. The van der Waals surface area contributed by atoms with E-state index in [1.807, 2.05) is 18.2 Å². The highest BCUT2D eigenvalue weighted by atomic mass is 16.3. The number of rotatable bonds is 3. The van der Waals surface area contributed by atoms with Crippen LogP contribution in [0.2, 0.25) is 0 Å². The van der Waals surface area contributed by atoms with Crippen molar-refractivity contribution in [3.63, 3.8) is 0 Å². The van der Waals surface area contributed by atoms with Gasteiger partial charge in [-0.3, -0.25) is 4.98 Å². The summed E-state index contributed by atoms with van der Waals surface area (Å²) in [5.74, 6) is 2.31. The van der Waals surface area contributed by atoms with Crippen LogP contribution in [-0.4, -0.2) is 16.2 Å². The van der Waals surface area contributed by atoms with Gasteiger partial charge in [0.15, 0.2) is 0 Å². The highest BCUT2D eigenvalue weighted by molar-refractivity contribution is 5.84. The Balaban J connectivity index is 1.96. The number of fused-ring (bicyclic) bond motifs is 1. The number of aliphatic hydroxyl groups is 1. The first-order valence-corrected chi connectivity index (χ1v) is 7.26. The van der Waals surface area contributed by atoms with Gasteiger partial charge in [0.05, 0.1) is 5.52 Å². The van der Waals surface area contributed by atoms with E-state index in [0.29, 0.717) is 6.42 Å². The summed E-state index contributed by atoms with van der Waals surface area (Å²) in [5, 5.41) is 10.6. The van der Waals surface area contributed by atoms with Crippen LogP contribution in [0, 0.1) is 19.3 Å². The molecule has 0 radical (unpaired) electrons. The number of benzene rings is 2. The molecular weight excluding hydrogens is 270 g/mol.